The van der Waals surface area contributed by atoms with Crippen molar-refractivity contribution in [2.45, 2.75) is 26.4 Å². The molecule has 1 heterocycles. The molecule has 0 bridgehead atoms. The Kier molecular flexibility index (Phi) is 3.71. The lowest BCUT2D eigenvalue weighted by Crippen LogP contribution is -2.18. The third-order valence-corrected chi connectivity index (χ3v) is 3.73. The standard InChI is InChI=1S/C17H19NO3/c1-11-6-7-14(15(19)8-11)12(2)18-9-13-4-3-5-16-17(13)21-10-20-16/h3-8,12,18-19H,9-10H2,1-2H3. The Bertz CT molecular complexity index is 654. The molecule has 0 spiro atoms. The van der Waals surface area contributed by atoms with Crippen LogP contribution in [0, 0.1) is 6.92 Å². The van der Waals surface area contributed by atoms with Crippen molar-refractivity contribution in [3.05, 3.63) is 53.1 Å². The molecule has 3 rings (SSSR count). The van der Waals surface area contributed by atoms with Gasteiger partial charge in [-0.15, -0.1) is 0 Å². The maximum atomic E-state index is 10.0. The van der Waals surface area contributed by atoms with Crippen molar-refractivity contribution in [1.82, 2.24) is 5.32 Å². The second kappa shape index (κ2) is 5.66. The van der Waals surface area contributed by atoms with E-state index in [1.807, 2.05) is 44.2 Å². The maximum Gasteiger partial charge on any atom is 0.231 e. The first kappa shape index (κ1) is 13.8. The molecule has 0 aromatic heterocycles. The molecule has 1 aliphatic rings. The molecule has 0 amide bonds. The smallest absolute Gasteiger partial charge is 0.231 e. The molecule has 1 unspecified atom stereocenters. The SMILES string of the molecule is Cc1ccc(C(C)NCc2cccc3c2OCO3)c(O)c1. The van der Waals surface area contributed by atoms with Crippen molar-refractivity contribution in [3.8, 4) is 17.2 Å². The monoisotopic (exact) mass is 285 g/mol. The number of phenolic OH excluding ortho intramolecular Hbond substituents is 1. The van der Waals surface area contributed by atoms with Crippen LogP contribution in [0.5, 0.6) is 17.2 Å². The Morgan fingerprint density at radius 2 is 2.10 bits per heavy atom. The number of aryl methyl sites for hydroxylation is 1. The van der Waals surface area contributed by atoms with Gasteiger partial charge in [0.25, 0.3) is 0 Å². The Balaban J connectivity index is 1.72. The molecule has 1 aliphatic heterocycles. The topological polar surface area (TPSA) is 50.7 Å². The molecule has 0 fully saturated rings. The summed E-state index contributed by atoms with van der Waals surface area (Å²) >= 11 is 0. The molecule has 2 aromatic rings. The van der Waals surface area contributed by atoms with Crippen LogP contribution in [0.25, 0.3) is 0 Å². The van der Waals surface area contributed by atoms with Gasteiger partial charge in [0.1, 0.15) is 5.75 Å². The molecule has 21 heavy (non-hydrogen) atoms. The van der Waals surface area contributed by atoms with Crippen LogP contribution < -0.4 is 14.8 Å². The average molecular weight is 285 g/mol. The molecule has 110 valence electrons. The Morgan fingerprint density at radius 3 is 2.90 bits per heavy atom. The molecule has 0 radical (unpaired) electrons. The molecular formula is C17H19NO3. The molecule has 1 atom stereocenters. The van der Waals surface area contributed by atoms with E-state index in [0.717, 1.165) is 28.2 Å². The summed E-state index contributed by atoms with van der Waals surface area (Å²) in [5.74, 6) is 1.93. The van der Waals surface area contributed by atoms with Gasteiger partial charge >= 0.3 is 0 Å². The summed E-state index contributed by atoms with van der Waals surface area (Å²) in [7, 11) is 0. The number of benzene rings is 2. The van der Waals surface area contributed by atoms with E-state index in [0.29, 0.717) is 12.3 Å². The number of fused-ring (bicyclic) bond motifs is 1. The number of nitrogens with one attached hydrogen (secondary N) is 1. The largest absolute Gasteiger partial charge is 0.508 e. The molecular weight excluding hydrogens is 266 g/mol. The van der Waals surface area contributed by atoms with Crippen molar-refractivity contribution in [2.75, 3.05) is 6.79 Å². The number of rotatable bonds is 4. The van der Waals surface area contributed by atoms with Crippen LogP contribution in [-0.2, 0) is 6.54 Å². The van der Waals surface area contributed by atoms with Crippen LogP contribution >= 0.6 is 0 Å². The number of aromatic hydroxyl groups is 1. The molecule has 0 saturated carbocycles. The fourth-order valence-electron chi connectivity index (χ4n) is 2.52. The summed E-state index contributed by atoms with van der Waals surface area (Å²) in [6.07, 6.45) is 0. The maximum absolute atomic E-state index is 10.0. The van der Waals surface area contributed by atoms with E-state index in [1.165, 1.54) is 0 Å². The zero-order valence-electron chi connectivity index (χ0n) is 12.2. The summed E-state index contributed by atoms with van der Waals surface area (Å²) in [6, 6.07) is 11.7. The van der Waals surface area contributed by atoms with E-state index in [1.54, 1.807) is 6.07 Å². The van der Waals surface area contributed by atoms with Crippen LogP contribution in [0.2, 0.25) is 0 Å². The predicted molar refractivity (Wildman–Crippen MR) is 80.7 cm³/mol. The normalized spacial score (nSPS) is 14.2. The zero-order chi connectivity index (χ0) is 14.8. The van der Waals surface area contributed by atoms with Crippen molar-refractivity contribution in [2.24, 2.45) is 0 Å². The van der Waals surface area contributed by atoms with Crippen LogP contribution in [0.15, 0.2) is 36.4 Å². The fraction of sp³-hybridized carbons (Fsp3) is 0.294. The Morgan fingerprint density at radius 1 is 1.24 bits per heavy atom. The first-order chi connectivity index (χ1) is 10.1. The lowest BCUT2D eigenvalue weighted by atomic mass is 10.0. The van der Waals surface area contributed by atoms with E-state index < -0.39 is 0 Å². The van der Waals surface area contributed by atoms with Crippen molar-refractivity contribution in [1.29, 1.82) is 0 Å². The molecule has 4 nitrogen and oxygen atoms in total. The van der Waals surface area contributed by atoms with Gasteiger partial charge in [0.2, 0.25) is 6.79 Å². The van der Waals surface area contributed by atoms with E-state index in [4.69, 9.17) is 9.47 Å². The molecule has 0 aliphatic carbocycles. The van der Waals surface area contributed by atoms with Gasteiger partial charge in [-0.25, -0.2) is 0 Å². The summed E-state index contributed by atoms with van der Waals surface area (Å²) in [4.78, 5) is 0. The highest BCUT2D eigenvalue weighted by Gasteiger charge is 2.18. The van der Waals surface area contributed by atoms with Crippen molar-refractivity contribution < 1.29 is 14.6 Å². The minimum absolute atomic E-state index is 0.0452. The van der Waals surface area contributed by atoms with Gasteiger partial charge < -0.3 is 19.9 Å². The second-order valence-electron chi connectivity index (χ2n) is 5.32. The van der Waals surface area contributed by atoms with Gasteiger partial charge in [-0.2, -0.15) is 0 Å². The van der Waals surface area contributed by atoms with E-state index in [2.05, 4.69) is 5.32 Å². The van der Waals surface area contributed by atoms with E-state index >= 15 is 0 Å². The van der Waals surface area contributed by atoms with Crippen molar-refractivity contribution in [3.63, 3.8) is 0 Å². The Hall–Kier alpha value is -2.20. The van der Waals surface area contributed by atoms with E-state index in [9.17, 15) is 5.11 Å². The number of para-hydroxylation sites is 1. The molecule has 0 saturated heterocycles. The fourth-order valence-corrected chi connectivity index (χ4v) is 2.52. The summed E-state index contributed by atoms with van der Waals surface area (Å²) in [6.45, 7) is 4.93. The minimum Gasteiger partial charge on any atom is -0.508 e. The van der Waals surface area contributed by atoms with Crippen LogP contribution in [-0.4, -0.2) is 11.9 Å². The highest BCUT2D eigenvalue weighted by molar-refractivity contribution is 5.48. The number of phenols is 1. The number of hydrogen-bond acceptors (Lipinski definition) is 4. The van der Waals surface area contributed by atoms with Gasteiger partial charge in [0.05, 0.1) is 0 Å². The lowest BCUT2D eigenvalue weighted by Gasteiger charge is -2.16. The highest BCUT2D eigenvalue weighted by atomic mass is 16.7. The molecule has 2 N–H and O–H groups in total. The van der Waals surface area contributed by atoms with Gasteiger partial charge in [-0.05, 0) is 31.5 Å². The third-order valence-electron chi connectivity index (χ3n) is 3.73. The van der Waals surface area contributed by atoms with Gasteiger partial charge in [-0.1, -0.05) is 24.3 Å². The quantitative estimate of drug-likeness (QED) is 0.905. The van der Waals surface area contributed by atoms with Gasteiger partial charge in [-0.3, -0.25) is 0 Å². The lowest BCUT2D eigenvalue weighted by molar-refractivity contribution is 0.173. The first-order valence-electron chi connectivity index (χ1n) is 7.05. The Labute approximate surface area is 124 Å². The molecule has 2 aromatic carbocycles. The van der Waals surface area contributed by atoms with Crippen LogP contribution in [0.3, 0.4) is 0 Å². The summed E-state index contributed by atoms with van der Waals surface area (Å²) in [5.41, 5.74) is 3.00. The van der Waals surface area contributed by atoms with Gasteiger partial charge in [0.15, 0.2) is 11.5 Å². The minimum atomic E-state index is 0.0452. The number of ether oxygens (including phenoxy) is 2. The predicted octanol–water partition coefficient (Wildman–Crippen LogP) is 3.28. The number of hydrogen-bond donors (Lipinski definition) is 2. The third kappa shape index (κ3) is 2.81. The highest BCUT2D eigenvalue weighted by Crippen LogP contribution is 2.35. The first-order valence-corrected chi connectivity index (χ1v) is 7.05. The van der Waals surface area contributed by atoms with Crippen LogP contribution in [0.4, 0.5) is 0 Å². The second-order valence-corrected chi connectivity index (χ2v) is 5.32. The summed E-state index contributed by atoms with van der Waals surface area (Å²) < 4.78 is 10.9. The van der Waals surface area contributed by atoms with Crippen LogP contribution in [0.1, 0.15) is 29.7 Å². The summed E-state index contributed by atoms with van der Waals surface area (Å²) in [5, 5.41) is 13.4. The zero-order valence-corrected chi connectivity index (χ0v) is 12.2. The molecule has 4 heteroatoms. The van der Waals surface area contributed by atoms with E-state index in [-0.39, 0.29) is 12.8 Å². The van der Waals surface area contributed by atoms with Crippen molar-refractivity contribution >= 4 is 0 Å². The average Bonchev–Trinajstić information content (AvgIpc) is 2.93. The van der Waals surface area contributed by atoms with Gasteiger partial charge in [0, 0.05) is 23.7 Å².